The summed E-state index contributed by atoms with van der Waals surface area (Å²) in [6, 6.07) is 15.6. The number of rotatable bonds is 6. The fraction of sp³-hybridized carbons (Fsp3) is 0.238. The van der Waals surface area contributed by atoms with Crippen LogP contribution in [-0.2, 0) is 7.05 Å². The van der Waals surface area contributed by atoms with Crippen molar-refractivity contribution in [1.82, 2.24) is 25.4 Å². The zero-order valence-corrected chi connectivity index (χ0v) is 16.6. The van der Waals surface area contributed by atoms with E-state index in [-0.39, 0.29) is 24.0 Å². The van der Waals surface area contributed by atoms with E-state index in [1.54, 1.807) is 23.0 Å². The minimum absolute atomic E-state index is 0.182. The first-order valence-corrected chi connectivity index (χ1v) is 9.31. The molecule has 2 atom stereocenters. The highest BCUT2D eigenvalue weighted by atomic mass is 16.2. The second-order valence-corrected chi connectivity index (χ2v) is 6.81. The van der Waals surface area contributed by atoms with Crippen LogP contribution in [0.1, 0.15) is 47.7 Å². The molecule has 0 bridgehead atoms. The largest absolute Gasteiger partial charge is 0.332 e. The van der Waals surface area contributed by atoms with Crippen LogP contribution in [0.15, 0.2) is 60.9 Å². The van der Waals surface area contributed by atoms with Crippen LogP contribution >= 0.6 is 0 Å². The molecule has 3 amide bonds. The Morgan fingerprint density at radius 2 is 1.69 bits per heavy atom. The van der Waals surface area contributed by atoms with Crippen LogP contribution in [0.25, 0.3) is 0 Å². The van der Waals surface area contributed by atoms with E-state index in [0.29, 0.717) is 17.1 Å². The molecular weight excluding hydrogens is 368 g/mol. The average Bonchev–Trinajstić information content (AvgIpc) is 3.14. The second kappa shape index (κ2) is 9.01. The number of amides is 3. The molecule has 0 saturated carbocycles. The summed E-state index contributed by atoms with van der Waals surface area (Å²) in [5, 5.41) is 16.4. The minimum atomic E-state index is -0.313. The summed E-state index contributed by atoms with van der Waals surface area (Å²) in [4.78, 5) is 24.7. The first-order valence-electron chi connectivity index (χ1n) is 9.31. The number of aromatic nitrogens is 3. The highest BCUT2D eigenvalue weighted by Gasteiger charge is 2.16. The number of benzene rings is 2. The van der Waals surface area contributed by atoms with Gasteiger partial charge in [0, 0.05) is 18.3 Å². The van der Waals surface area contributed by atoms with Crippen LogP contribution in [-0.4, -0.2) is 26.7 Å². The Balaban J connectivity index is 1.60. The molecule has 0 aliphatic carbocycles. The van der Waals surface area contributed by atoms with Gasteiger partial charge in [0.15, 0.2) is 5.82 Å². The topological polar surface area (TPSA) is 101 Å². The van der Waals surface area contributed by atoms with Crippen molar-refractivity contribution in [2.24, 2.45) is 7.05 Å². The molecule has 150 valence electrons. The van der Waals surface area contributed by atoms with Crippen LogP contribution in [0.4, 0.5) is 10.5 Å². The standard InChI is InChI=1S/C21H24N6O2/c1-14(23-21(29)24-15(2)19-26-22-13-27(19)3)17-10-7-11-18(12-17)25-20(28)16-8-5-4-6-9-16/h4-15H,1-3H3,(H,25,28)(H2,23,24,29)/t14-,15-/m0/s1. The molecule has 29 heavy (non-hydrogen) atoms. The van der Waals surface area contributed by atoms with E-state index in [1.165, 1.54) is 0 Å². The molecule has 1 aromatic heterocycles. The number of aryl methyl sites for hydroxylation is 1. The summed E-state index contributed by atoms with van der Waals surface area (Å²) in [6.45, 7) is 3.72. The van der Waals surface area contributed by atoms with Gasteiger partial charge >= 0.3 is 6.03 Å². The Morgan fingerprint density at radius 3 is 2.38 bits per heavy atom. The van der Waals surface area contributed by atoms with Crippen molar-refractivity contribution in [1.29, 1.82) is 0 Å². The molecule has 3 aromatic rings. The van der Waals surface area contributed by atoms with Gasteiger partial charge in [-0.05, 0) is 43.7 Å². The molecule has 0 aliphatic heterocycles. The van der Waals surface area contributed by atoms with Crippen molar-refractivity contribution in [2.45, 2.75) is 25.9 Å². The smallest absolute Gasteiger partial charge is 0.315 e. The van der Waals surface area contributed by atoms with E-state index in [1.807, 2.05) is 63.4 Å². The van der Waals surface area contributed by atoms with Crippen LogP contribution < -0.4 is 16.0 Å². The van der Waals surface area contributed by atoms with Crippen LogP contribution in [0.3, 0.4) is 0 Å². The summed E-state index contributed by atoms with van der Waals surface area (Å²) in [5.74, 6) is 0.483. The van der Waals surface area contributed by atoms with E-state index < -0.39 is 0 Å². The second-order valence-electron chi connectivity index (χ2n) is 6.81. The molecule has 0 aliphatic rings. The van der Waals surface area contributed by atoms with E-state index in [2.05, 4.69) is 26.1 Å². The fourth-order valence-electron chi connectivity index (χ4n) is 2.95. The Hall–Kier alpha value is -3.68. The molecule has 3 N–H and O–H groups in total. The van der Waals surface area contributed by atoms with Crippen LogP contribution in [0.5, 0.6) is 0 Å². The normalized spacial score (nSPS) is 12.7. The number of anilines is 1. The lowest BCUT2D eigenvalue weighted by atomic mass is 10.1. The molecule has 0 spiro atoms. The van der Waals surface area contributed by atoms with Gasteiger partial charge < -0.3 is 20.5 Å². The van der Waals surface area contributed by atoms with Crippen molar-refractivity contribution >= 4 is 17.6 Å². The Kier molecular flexibility index (Phi) is 6.23. The molecule has 0 radical (unpaired) electrons. The van der Waals surface area contributed by atoms with E-state index >= 15 is 0 Å². The van der Waals surface area contributed by atoms with E-state index in [9.17, 15) is 9.59 Å². The maximum Gasteiger partial charge on any atom is 0.315 e. The molecule has 8 nitrogen and oxygen atoms in total. The molecule has 1 heterocycles. The molecule has 0 fully saturated rings. The molecule has 0 unspecified atom stereocenters. The lowest BCUT2D eigenvalue weighted by molar-refractivity contribution is 0.102. The maximum absolute atomic E-state index is 12.3. The fourth-order valence-corrected chi connectivity index (χ4v) is 2.95. The van der Waals surface area contributed by atoms with Gasteiger partial charge in [0.05, 0.1) is 12.1 Å². The molecular formula is C21H24N6O2. The van der Waals surface area contributed by atoms with Gasteiger partial charge in [0.1, 0.15) is 6.33 Å². The predicted molar refractivity (Wildman–Crippen MR) is 110 cm³/mol. The quantitative estimate of drug-likeness (QED) is 0.600. The summed E-state index contributed by atoms with van der Waals surface area (Å²) in [6.07, 6.45) is 1.59. The Morgan fingerprint density at radius 1 is 0.966 bits per heavy atom. The van der Waals surface area contributed by atoms with Gasteiger partial charge in [-0.3, -0.25) is 4.79 Å². The van der Waals surface area contributed by atoms with Crippen molar-refractivity contribution in [3.8, 4) is 0 Å². The van der Waals surface area contributed by atoms with Gasteiger partial charge in [-0.2, -0.15) is 0 Å². The van der Waals surface area contributed by atoms with Crippen molar-refractivity contribution in [3.63, 3.8) is 0 Å². The number of carbonyl (C=O) groups excluding carboxylic acids is 2. The van der Waals surface area contributed by atoms with Gasteiger partial charge in [0.2, 0.25) is 0 Å². The summed E-state index contributed by atoms with van der Waals surface area (Å²) >= 11 is 0. The first kappa shape index (κ1) is 20.1. The minimum Gasteiger partial charge on any atom is -0.332 e. The Bertz CT molecular complexity index is 986. The SMILES string of the molecule is C[C@H](NC(=O)N[C@@H](C)c1nncn1C)c1cccc(NC(=O)c2ccccc2)c1. The van der Waals surface area contributed by atoms with Gasteiger partial charge in [-0.15, -0.1) is 10.2 Å². The zero-order valence-electron chi connectivity index (χ0n) is 16.6. The lowest BCUT2D eigenvalue weighted by Gasteiger charge is -2.18. The van der Waals surface area contributed by atoms with E-state index in [0.717, 1.165) is 5.56 Å². The predicted octanol–water partition coefficient (Wildman–Crippen LogP) is 3.19. The van der Waals surface area contributed by atoms with Crippen molar-refractivity contribution < 1.29 is 9.59 Å². The lowest BCUT2D eigenvalue weighted by Crippen LogP contribution is -2.39. The first-order chi connectivity index (χ1) is 13.9. The number of hydrogen-bond donors (Lipinski definition) is 3. The monoisotopic (exact) mass is 392 g/mol. The van der Waals surface area contributed by atoms with Gasteiger partial charge in [-0.25, -0.2) is 4.79 Å². The highest BCUT2D eigenvalue weighted by Crippen LogP contribution is 2.18. The highest BCUT2D eigenvalue weighted by molar-refractivity contribution is 6.04. The number of urea groups is 1. The number of nitrogens with one attached hydrogen (secondary N) is 3. The molecule has 0 saturated heterocycles. The van der Waals surface area contributed by atoms with E-state index in [4.69, 9.17) is 0 Å². The summed E-state index contributed by atoms with van der Waals surface area (Å²) in [5.41, 5.74) is 2.12. The van der Waals surface area contributed by atoms with Crippen LogP contribution in [0.2, 0.25) is 0 Å². The van der Waals surface area contributed by atoms with Gasteiger partial charge in [-0.1, -0.05) is 30.3 Å². The van der Waals surface area contributed by atoms with Crippen LogP contribution in [0, 0.1) is 0 Å². The third-order valence-corrected chi connectivity index (χ3v) is 4.51. The van der Waals surface area contributed by atoms with Gasteiger partial charge in [0.25, 0.3) is 5.91 Å². The third kappa shape index (κ3) is 5.19. The molecule has 2 aromatic carbocycles. The number of nitrogens with zero attached hydrogens (tertiary/aromatic N) is 3. The number of hydrogen-bond acceptors (Lipinski definition) is 4. The summed E-state index contributed by atoms with van der Waals surface area (Å²) in [7, 11) is 1.82. The summed E-state index contributed by atoms with van der Waals surface area (Å²) < 4.78 is 1.76. The Labute approximate surface area is 169 Å². The molecule has 3 rings (SSSR count). The average molecular weight is 392 g/mol. The van der Waals surface area contributed by atoms with Crippen molar-refractivity contribution in [3.05, 3.63) is 77.9 Å². The zero-order chi connectivity index (χ0) is 20.8. The maximum atomic E-state index is 12.3. The molecule has 8 heteroatoms. The number of carbonyl (C=O) groups is 2. The third-order valence-electron chi connectivity index (χ3n) is 4.51. The van der Waals surface area contributed by atoms with Crippen molar-refractivity contribution in [2.75, 3.05) is 5.32 Å².